The SMILES string of the molecule is O=C(CNc1c(Br)cc(Cl)cc1Br)NN=CC=Cc1ccccc1. The van der Waals surface area contributed by atoms with Crippen LogP contribution in [0.15, 0.2) is 62.6 Å². The van der Waals surface area contributed by atoms with Crippen molar-refractivity contribution in [3.05, 3.63) is 68.1 Å². The van der Waals surface area contributed by atoms with Gasteiger partial charge in [0.05, 0.1) is 12.2 Å². The van der Waals surface area contributed by atoms with Gasteiger partial charge in [-0.05, 0) is 55.6 Å². The van der Waals surface area contributed by atoms with Gasteiger partial charge in [0, 0.05) is 20.2 Å². The second-order valence-electron chi connectivity index (χ2n) is 4.68. The molecule has 24 heavy (non-hydrogen) atoms. The summed E-state index contributed by atoms with van der Waals surface area (Å²) in [7, 11) is 0. The maximum absolute atomic E-state index is 11.8. The first-order valence-corrected chi connectivity index (χ1v) is 8.94. The van der Waals surface area contributed by atoms with Crippen molar-refractivity contribution in [1.82, 2.24) is 5.43 Å². The van der Waals surface area contributed by atoms with Crippen LogP contribution in [0, 0.1) is 0 Å². The molecule has 2 aromatic rings. The summed E-state index contributed by atoms with van der Waals surface area (Å²) >= 11 is 12.7. The van der Waals surface area contributed by atoms with Crippen LogP contribution >= 0.6 is 43.5 Å². The number of rotatable bonds is 6. The van der Waals surface area contributed by atoms with Gasteiger partial charge in [-0.2, -0.15) is 5.10 Å². The largest absolute Gasteiger partial charge is 0.374 e. The van der Waals surface area contributed by atoms with Gasteiger partial charge >= 0.3 is 0 Å². The van der Waals surface area contributed by atoms with Crippen LogP contribution in [0.5, 0.6) is 0 Å². The minimum absolute atomic E-state index is 0.0819. The van der Waals surface area contributed by atoms with Crippen LogP contribution in [0.4, 0.5) is 5.69 Å². The lowest BCUT2D eigenvalue weighted by Gasteiger charge is -2.10. The highest BCUT2D eigenvalue weighted by Crippen LogP contribution is 2.33. The zero-order valence-corrected chi connectivity index (χ0v) is 16.4. The number of amides is 1. The highest BCUT2D eigenvalue weighted by atomic mass is 79.9. The van der Waals surface area contributed by atoms with Gasteiger partial charge in [0.15, 0.2) is 0 Å². The fraction of sp³-hybridized carbons (Fsp3) is 0.0588. The smallest absolute Gasteiger partial charge is 0.259 e. The van der Waals surface area contributed by atoms with E-state index in [4.69, 9.17) is 11.6 Å². The average Bonchev–Trinajstić information content (AvgIpc) is 2.54. The zero-order chi connectivity index (χ0) is 17.4. The number of allylic oxidation sites excluding steroid dienone is 1. The molecule has 0 radical (unpaired) electrons. The molecule has 2 N–H and O–H groups in total. The first kappa shape index (κ1) is 18.7. The second kappa shape index (κ2) is 9.61. The van der Waals surface area contributed by atoms with Gasteiger partial charge in [-0.15, -0.1) is 0 Å². The number of nitrogens with one attached hydrogen (secondary N) is 2. The lowest BCUT2D eigenvalue weighted by molar-refractivity contribution is -0.119. The normalized spacial score (nSPS) is 11.1. The van der Waals surface area contributed by atoms with Gasteiger partial charge in [0.2, 0.25) is 0 Å². The Kier molecular flexibility index (Phi) is 7.49. The van der Waals surface area contributed by atoms with E-state index in [-0.39, 0.29) is 12.5 Å². The summed E-state index contributed by atoms with van der Waals surface area (Å²) in [5.74, 6) is -0.256. The molecule has 0 saturated carbocycles. The molecule has 0 bridgehead atoms. The Bertz CT molecular complexity index is 741. The van der Waals surface area contributed by atoms with Crippen molar-refractivity contribution >= 4 is 67.3 Å². The minimum Gasteiger partial charge on any atom is -0.374 e. The zero-order valence-electron chi connectivity index (χ0n) is 12.5. The van der Waals surface area contributed by atoms with E-state index < -0.39 is 0 Å². The van der Waals surface area contributed by atoms with Crippen LogP contribution < -0.4 is 10.7 Å². The number of carbonyl (C=O) groups is 1. The van der Waals surface area contributed by atoms with E-state index >= 15 is 0 Å². The van der Waals surface area contributed by atoms with Gasteiger partial charge in [0.1, 0.15) is 0 Å². The lowest BCUT2D eigenvalue weighted by atomic mass is 10.2. The van der Waals surface area contributed by atoms with E-state index in [9.17, 15) is 4.79 Å². The third-order valence-electron chi connectivity index (χ3n) is 2.87. The third kappa shape index (κ3) is 6.11. The molecule has 0 aliphatic rings. The maximum atomic E-state index is 11.8. The first-order chi connectivity index (χ1) is 11.6. The number of anilines is 1. The molecule has 0 unspecified atom stereocenters. The molecule has 0 aliphatic carbocycles. The topological polar surface area (TPSA) is 53.5 Å². The predicted octanol–water partition coefficient (Wildman–Crippen LogP) is 5.09. The third-order valence-corrected chi connectivity index (χ3v) is 4.34. The molecule has 2 rings (SSSR count). The van der Waals surface area contributed by atoms with E-state index in [1.165, 1.54) is 6.21 Å². The van der Waals surface area contributed by atoms with Crippen molar-refractivity contribution in [2.75, 3.05) is 11.9 Å². The van der Waals surface area contributed by atoms with Crippen molar-refractivity contribution in [2.45, 2.75) is 0 Å². The average molecular weight is 472 g/mol. The lowest BCUT2D eigenvalue weighted by Crippen LogP contribution is -2.26. The van der Waals surface area contributed by atoms with Crippen molar-refractivity contribution in [3.8, 4) is 0 Å². The first-order valence-electron chi connectivity index (χ1n) is 6.98. The Morgan fingerprint density at radius 1 is 1.17 bits per heavy atom. The predicted molar refractivity (Wildman–Crippen MR) is 107 cm³/mol. The molecule has 0 aliphatic heterocycles. The number of benzene rings is 2. The van der Waals surface area contributed by atoms with Crippen molar-refractivity contribution in [1.29, 1.82) is 0 Å². The van der Waals surface area contributed by atoms with Crippen LogP contribution in [0.3, 0.4) is 0 Å². The van der Waals surface area contributed by atoms with Crippen LogP contribution in [0.1, 0.15) is 5.56 Å². The van der Waals surface area contributed by atoms with Crippen LogP contribution in [-0.2, 0) is 4.79 Å². The standard InChI is InChI=1S/C17H14Br2ClN3O/c18-14-9-13(20)10-15(19)17(14)21-11-16(24)23-22-8-4-7-12-5-2-1-3-6-12/h1-10,21H,11H2,(H,23,24). The highest BCUT2D eigenvalue weighted by molar-refractivity contribution is 9.11. The van der Waals surface area contributed by atoms with E-state index in [0.29, 0.717) is 5.02 Å². The van der Waals surface area contributed by atoms with Crippen molar-refractivity contribution in [2.24, 2.45) is 5.10 Å². The van der Waals surface area contributed by atoms with Crippen LogP contribution in [-0.4, -0.2) is 18.7 Å². The Morgan fingerprint density at radius 2 is 1.83 bits per heavy atom. The molecule has 0 heterocycles. The summed E-state index contributed by atoms with van der Waals surface area (Å²) in [4.78, 5) is 11.8. The van der Waals surface area contributed by atoms with E-state index in [2.05, 4.69) is 47.7 Å². The summed E-state index contributed by atoms with van der Waals surface area (Å²) in [6.07, 6.45) is 5.18. The van der Waals surface area contributed by atoms with E-state index in [1.54, 1.807) is 18.2 Å². The van der Waals surface area contributed by atoms with Gasteiger partial charge < -0.3 is 5.32 Å². The Morgan fingerprint density at radius 3 is 2.50 bits per heavy atom. The molecule has 0 aromatic heterocycles. The fourth-order valence-corrected chi connectivity index (χ4v) is 3.74. The number of hydrogen-bond donors (Lipinski definition) is 2. The summed E-state index contributed by atoms with van der Waals surface area (Å²) in [5.41, 5.74) is 4.27. The Hall–Kier alpha value is -1.63. The molecular weight excluding hydrogens is 457 g/mol. The van der Waals surface area contributed by atoms with E-state index in [1.807, 2.05) is 36.4 Å². The number of hydrogen-bond acceptors (Lipinski definition) is 3. The number of nitrogens with zero attached hydrogens (tertiary/aromatic N) is 1. The Labute approximate surface area is 162 Å². The number of hydrazone groups is 1. The molecule has 0 atom stereocenters. The molecule has 7 heteroatoms. The molecule has 0 spiro atoms. The molecule has 1 amide bonds. The second-order valence-corrected chi connectivity index (χ2v) is 6.83. The molecule has 4 nitrogen and oxygen atoms in total. The summed E-state index contributed by atoms with van der Waals surface area (Å²) in [6, 6.07) is 13.3. The Balaban J connectivity index is 1.80. The van der Waals surface area contributed by atoms with Gasteiger partial charge in [-0.1, -0.05) is 48.0 Å². The van der Waals surface area contributed by atoms with Gasteiger partial charge in [-0.3, -0.25) is 4.79 Å². The highest BCUT2D eigenvalue weighted by Gasteiger charge is 2.08. The molecule has 0 fully saturated rings. The molecular formula is C17H14Br2ClN3O. The summed E-state index contributed by atoms with van der Waals surface area (Å²) in [6.45, 7) is 0.0819. The van der Waals surface area contributed by atoms with E-state index in [0.717, 1.165) is 20.2 Å². The van der Waals surface area contributed by atoms with Crippen LogP contribution in [0.2, 0.25) is 5.02 Å². The van der Waals surface area contributed by atoms with Gasteiger partial charge in [-0.25, -0.2) is 5.43 Å². The molecule has 0 saturated heterocycles. The summed E-state index contributed by atoms with van der Waals surface area (Å²) in [5, 5.41) is 7.48. The monoisotopic (exact) mass is 469 g/mol. The fourth-order valence-electron chi connectivity index (χ4n) is 1.79. The molecule has 2 aromatic carbocycles. The number of halogens is 3. The minimum atomic E-state index is -0.256. The quantitative estimate of drug-likeness (QED) is 0.455. The van der Waals surface area contributed by atoms with Crippen molar-refractivity contribution < 1.29 is 4.79 Å². The van der Waals surface area contributed by atoms with Gasteiger partial charge in [0.25, 0.3) is 5.91 Å². The summed E-state index contributed by atoms with van der Waals surface area (Å²) < 4.78 is 1.54. The number of carbonyl (C=O) groups excluding carboxylic acids is 1. The molecule has 124 valence electrons. The van der Waals surface area contributed by atoms with Crippen molar-refractivity contribution in [3.63, 3.8) is 0 Å². The van der Waals surface area contributed by atoms with Crippen LogP contribution in [0.25, 0.3) is 6.08 Å². The maximum Gasteiger partial charge on any atom is 0.259 e.